The van der Waals surface area contributed by atoms with Crippen LogP contribution in [0.3, 0.4) is 0 Å². The molecule has 5 nitrogen and oxygen atoms in total. The van der Waals surface area contributed by atoms with Gasteiger partial charge in [-0.3, -0.25) is 9.59 Å². The fourth-order valence-electron chi connectivity index (χ4n) is 11.4. The van der Waals surface area contributed by atoms with Gasteiger partial charge in [0.1, 0.15) is 6.61 Å². The molecular formula is C80H144O5. The molecule has 1 N–H and O–H groups in total. The van der Waals surface area contributed by atoms with Crippen LogP contribution in [0.4, 0.5) is 0 Å². The van der Waals surface area contributed by atoms with E-state index in [9.17, 15) is 14.7 Å². The first kappa shape index (κ1) is 82.1. The Morgan fingerprint density at radius 1 is 0.282 bits per heavy atom. The van der Waals surface area contributed by atoms with E-state index in [1.807, 2.05) is 0 Å². The molecule has 0 aliphatic rings. The summed E-state index contributed by atoms with van der Waals surface area (Å²) in [4.78, 5) is 24.7. The van der Waals surface area contributed by atoms with Crippen molar-refractivity contribution < 1.29 is 24.2 Å². The predicted molar refractivity (Wildman–Crippen MR) is 376 cm³/mol. The van der Waals surface area contributed by atoms with E-state index in [4.69, 9.17) is 9.47 Å². The highest BCUT2D eigenvalue weighted by atomic mass is 16.6. The number of carbonyl (C=O) groups excluding carboxylic acids is 2. The zero-order valence-corrected chi connectivity index (χ0v) is 56.9. The van der Waals surface area contributed by atoms with Gasteiger partial charge < -0.3 is 14.6 Å². The summed E-state index contributed by atoms with van der Waals surface area (Å²) in [6.07, 6.45) is 106. The summed E-state index contributed by atoms with van der Waals surface area (Å²) in [5.41, 5.74) is 0. The summed E-state index contributed by atoms with van der Waals surface area (Å²) < 4.78 is 10.8. The van der Waals surface area contributed by atoms with Crippen LogP contribution in [-0.2, 0) is 19.1 Å². The third kappa shape index (κ3) is 73.5. The van der Waals surface area contributed by atoms with Crippen LogP contribution in [0, 0.1) is 0 Å². The molecule has 0 aliphatic carbocycles. The fourth-order valence-corrected chi connectivity index (χ4v) is 11.4. The van der Waals surface area contributed by atoms with Crippen molar-refractivity contribution in [2.75, 3.05) is 13.2 Å². The Kier molecular flexibility index (Phi) is 72.7. The molecule has 0 fully saturated rings. The molecular weight excluding hydrogens is 1040 g/mol. The molecule has 0 spiro atoms. The number of hydrogen-bond acceptors (Lipinski definition) is 5. The van der Waals surface area contributed by atoms with Crippen LogP contribution >= 0.6 is 0 Å². The lowest BCUT2D eigenvalue weighted by molar-refractivity contribution is -0.161. The maximum atomic E-state index is 12.4. The lowest BCUT2D eigenvalue weighted by atomic mass is 10.0. The summed E-state index contributed by atoms with van der Waals surface area (Å²) in [6, 6.07) is 0. The van der Waals surface area contributed by atoms with Crippen molar-refractivity contribution in [3.05, 3.63) is 85.1 Å². The largest absolute Gasteiger partial charge is 0.462 e. The summed E-state index contributed by atoms with van der Waals surface area (Å²) in [7, 11) is 0. The Labute approximate surface area is 530 Å². The Bertz CT molecular complexity index is 1530. The van der Waals surface area contributed by atoms with Crippen molar-refractivity contribution in [1.82, 2.24) is 0 Å². The summed E-state index contributed by atoms with van der Waals surface area (Å²) >= 11 is 0. The van der Waals surface area contributed by atoms with Crippen LogP contribution < -0.4 is 0 Å². The van der Waals surface area contributed by atoms with Gasteiger partial charge in [-0.2, -0.15) is 0 Å². The van der Waals surface area contributed by atoms with Crippen molar-refractivity contribution in [2.24, 2.45) is 0 Å². The van der Waals surface area contributed by atoms with Crippen molar-refractivity contribution in [1.29, 1.82) is 0 Å². The van der Waals surface area contributed by atoms with Crippen molar-refractivity contribution >= 4 is 11.9 Å². The minimum atomic E-state index is -0.775. The van der Waals surface area contributed by atoms with Crippen molar-refractivity contribution in [2.45, 2.75) is 399 Å². The zero-order chi connectivity index (χ0) is 61.2. The SMILES string of the molecule is CC/C=C\C/C=C\C/C=C\C/C=C\C/C=C\C/C=C\C/C=C\CCCCCCCCCCCCCCCCCC(=O)OC(CO)COC(=O)CCCCCCCCCCCCCCCCCCCCCCCCCCCCCCCCCCCC. The number of allylic oxidation sites excluding steroid dienone is 14. The number of hydrogen-bond donors (Lipinski definition) is 1. The van der Waals surface area contributed by atoms with Gasteiger partial charge in [0.25, 0.3) is 0 Å². The van der Waals surface area contributed by atoms with E-state index in [1.165, 1.54) is 283 Å². The molecule has 0 rings (SSSR count). The minimum absolute atomic E-state index is 0.0630. The van der Waals surface area contributed by atoms with Crippen LogP contribution in [0.15, 0.2) is 85.1 Å². The molecule has 0 aromatic heterocycles. The van der Waals surface area contributed by atoms with Gasteiger partial charge in [-0.15, -0.1) is 0 Å². The number of esters is 2. The third-order valence-electron chi connectivity index (χ3n) is 17.0. The second kappa shape index (κ2) is 75.3. The normalized spacial score (nSPS) is 12.6. The molecule has 1 atom stereocenters. The second-order valence-electron chi connectivity index (χ2n) is 25.4. The van der Waals surface area contributed by atoms with Gasteiger partial charge in [-0.05, 0) is 70.6 Å². The summed E-state index contributed by atoms with van der Waals surface area (Å²) in [5, 5.41) is 9.72. The molecule has 0 bridgehead atoms. The monoisotopic (exact) mass is 1190 g/mol. The smallest absolute Gasteiger partial charge is 0.306 e. The standard InChI is InChI=1S/C80H144O5/c1-3-5-7-9-11-13-15-17-19-21-23-25-27-29-31-33-35-37-39-40-41-43-45-47-49-51-53-55-57-59-61-63-65-67-69-71-73-75-80(83)85-78(76-81)77-84-79(82)74-72-70-68-66-64-62-60-58-56-54-52-50-48-46-44-42-38-36-34-32-30-28-26-24-22-20-18-16-14-12-10-8-6-4-2/h5,7,11,13,17,19,23,25,29,31,35,37,40-41,78,81H,3-4,6,8-10,12,14-16,18,20-22,24,26-28,30,32-34,36,38-39,42-77H2,1-2H3/b7-5-,13-11-,19-17-,25-23-,31-29-,37-35-,41-40-. The molecule has 0 radical (unpaired) electrons. The van der Waals surface area contributed by atoms with Crippen molar-refractivity contribution in [3.8, 4) is 0 Å². The highest BCUT2D eigenvalue weighted by molar-refractivity contribution is 5.70. The maximum absolute atomic E-state index is 12.4. The number of aliphatic hydroxyl groups is 1. The average molecular weight is 1190 g/mol. The number of carbonyl (C=O) groups is 2. The molecule has 1 unspecified atom stereocenters. The van der Waals surface area contributed by atoms with Crippen LogP contribution in [0.5, 0.6) is 0 Å². The van der Waals surface area contributed by atoms with Gasteiger partial charge in [0.2, 0.25) is 0 Å². The lowest BCUT2D eigenvalue weighted by Crippen LogP contribution is -2.28. The Morgan fingerprint density at radius 3 is 0.765 bits per heavy atom. The maximum Gasteiger partial charge on any atom is 0.306 e. The molecule has 0 saturated heterocycles. The Hall–Kier alpha value is -2.92. The van der Waals surface area contributed by atoms with E-state index in [0.29, 0.717) is 12.8 Å². The number of rotatable bonds is 70. The first-order valence-corrected chi connectivity index (χ1v) is 37.6. The van der Waals surface area contributed by atoms with E-state index in [-0.39, 0.29) is 25.2 Å². The number of aliphatic hydroxyl groups excluding tert-OH is 1. The molecule has 0 aromatic carbocycles. The van der Waals surface area contributed by atoms with E-state index in [2.05, 4.69) is 98.9 Å². The van der Waals surface area contributed by atoms with E-state index in [1.54, 1.807) is 0 Å². The van der Waals surface area contributed by atoms with Crippen LogP contribution in [0.25, 0.3) is 0 Å². The molecule has 0 amide bonds. The Morgan fingerprint density at radius 2 is 0.506 bits per heavy atom. The van der Waals surface area contributed by atoms with E-state index < -0.39 is 6.10 Å². The van der Waals surface area contributed by atoms with Gasteiger partial charge >= 0.3 is 11.9 Å². The van der Waals surface area contributed by atoms with Gasteiger partial charge in [0.05, 0.1) is 6.61 Å². The highest BCUT2D eigenvalue weighted by Gasteiger charge is 2.16. The average Bonchev–Trinajstić information content (AvgIpc) is 3.52. The van der Waals surface area contributed by atoms with Gasteiger partial charge in [-0.1, -0.05) is 394 Å². The van der Waals surface area contributed by atoms with Gasteiger partial charge in [-0.25, -0.2) is 0 Å². The molecule has 0 aliphatic heterocycles. The van der Waals surface area contributed by atoms with Gasteiger partial charge in [0.15, 0.2) is 6.10 Å². The zero-order valence-electron chi connectivity index (χ0n) is 56.9. The van der Waals surface area contributed by atoms with Crippen LogP contribution in [0.1, 0.15) is 393 Å². The summed E-state index contributed by atoms with van der Waals surface area (Å²) in [5.74, 6) is -0.572. The third-order valence-corrected chi connectivity index (χ3v) is 17.0. The number of ether oxygens (including phenoxy) is 2. The molecule has 494 valence electrons. The van der Waals surface area contributed by atoms with E-state index in [0.717, 1.165) is 83.5 Å². The molecule has 0 aromatic rings. The lowest BCUT2D eigenvalue weighted by Gasteiger charge is -2.15. The first-order chi connectivity index (χ1) is 42.1. The van der Waals surface area contributed by atoms with Gasteiger partial charge in [0, 0.05) is 12.8 Å². The molecule has 0 heterocycles. The summed E-state index contributed by atoms with van der Waals surface area (Å²) in [6.45, 7) is 4.08. The molecule has 85 heavy (non-hydrogen) atoms. The predicted octanol–water partition coefficient (Wildman–Crippen LogP) is 26.4. The first-order valence-electron chi connectivity index (χ1n) is 37.6. The fraction of sp³-hybridized carbons (Fsp3) is 0.800. The van der Waals surface area contributed by atoms with Crippen LogP contribution in [0.2, 0.25) is 0 Å². The topological polar surface area (TPSA) is 72.8 Å². The van der Waals surface area contributed by atoms with Crippen molar-refractivity contribution in [3.63, 3.8) is 0 Å². The van der Waals surface area contributed by atoms with E-state index >= 15 is 0 Å². The minimum Gasteiger partial charge on any atom is -0.462 e. The molecule has 5 heteroatoms. The Balaban J connectivity index is 3.42. The van der Waals surface area contributed by atoms with Crippen LogP contribution in [-0.4, -0.2) is 36.4 Å². The number of unbranched alkanes of at least 4 members (excludes halogenated alkanes) is 48. The highest BCUT2D eigenvalue weighted by Crippen LogP contribution is 2.19. The molecule has 0 saturated carbocycles. The quantitative estimate of drug-likeness (QED) is 0.0373. The second-order valence-corrected chi connectivity index (χ2v) is 25.4.